The number of unbranched alkanes of at least 4 members (excludes halogenated alkanes) is 2. The Balaban J connectivity index is 1.28. The number of rotatable bonds is 14. The van der Waals surface area contributed by atoms with Gasteiger partial charge in [0.15, 0.2) is 6.29 Å². The van der Waals surface area contributed by atoms with Gasteiger partial charge in [0.05, 0.1) is 24.5 Å². The predicted octanol–water partition coefficient (Wildman–Crippen LogP) is 5.37. The molecule has 1 aliphatic heterocycles. The van der Waals surface area contributed by atoms with Gasteiger partial charge in [-0.15, -0.1) is 5.10 Å². The van der Waals surface area contributed by atoms with Gasteiger partial charge in [0, 0.05) is 42.8 Å². The van der Waals surface area contributed by atoms with E-state index >= 15 is 0 Å². The van der Waals surface area contributed by atoms with Gasteiger partial charge < -0.3 is 25.2 Å². The number of thioether (sulfide) groups is 1. The third-order valence-electron chi connectivity index (χ3n) is 7.84. The number of para-hydroxylation sites is 1. The second-order valence-electron chi connectivity index (χ2n) is 11.3. The Labute approximate surface area is 273 Å². The lowest BCUT2D eigenvalue weighted by molar-refractivity contribution is -0.268. The SMILES string of the molecule is CC(=O)NCCCCCC(=O)Nc1cccc([C@H]2O[C@@H](CSc3nnnn3-c3ccccc3)[C@@H](C)[C@@H](c3ccc(CO)cc3)O2)c1. The Kier molecular flexibility index (Phi) is 11.9. The fourth-order valence-corrected chi connectivity index (χ4v) is 6.36. The molecule has 1 aliphatic rings. The molecule has 4 aromatic rings. The van der Waals surface area contributed by atoms with E-state index in [0.717, 1.165) is 41.6 Å². The lowest BCUT2D eigenvalue weighted by atomic mass is 9.91. The Morgan fingerprint density at radius 2 is 1.76 bits per heavy atom. The summed E-state index contributed by atoms with van der Waals surface area (Å²) >= 11 is 1.52. The third-order valence-corrected chi connectivity index (χ3v) is 8.85. The first-order valence-electron chi connectivity index (χ1n) is 15.5. The van der Waals surface area contributed by atoms with Crippen LogP contribution in [0.1, 0.15) is 68.6 Å². The zero-order chi connectivity index (χ0) is 32.3. The predicted molar refractivity (Wildman–Crippen MR) is 175 cm³/mol. The van der Waals surface area contributed by atoms with Crippen LogP contribution in [0.15, 0.2) is 84.0 Å². The normalized spacial score (nSPS) is 19.5. The molecule has 3 aromatic carbocycles. The maximum absolute atomic E-state index is 12.7. The fraction of sp³-hybridized carbons (Fsp3) is 0.382. The third kappa shape index (κ3) is 9.00. The second kappa shape index (κ2) is 16.5. The summed E-state index contributed by atoms with van der Waals surface area (Å²) in [5, 5.41) is 28.3. The number of nitrogens with zero attached hydrogens (tertiary/aromatic N) is 4. The minimum Gasteiger partial charge on any atom is -0.392 e. The standard InChI is InChI=1S/C34H40N6O5S/c1-23-30(22-46-34-37-38-39-40(34)29-12-5-3-6-13-29)44-33(45-32(23)26-17-15-25(21-41)16-18-26)27-10-9-11-28(20-27)36-31(43)14-7-4-8-19-35-24(2)42/h3,5-6,9-13,15-18,20,23,30,32-33,41H,4,7-8,14,19,21-22H2,1-2H3,(H,35,42)(H,36,43)/t23-,30+,32+,33+/m1/s1. The van der Waals surface area contributed by atoms with Crippen molar-refractivity contribution in [3.05, 3.63) is 95.6 Å². The number of hydrogen-bond acceptors (Lipinski definition) is 9. The van der Waals surface area contributed by atoms with E-state index in [-0.39, 0.29) is 36.5 Å². The van der Waals surface area contributed by atoms with Gasteiger partial charge in [-0.05, 0) is 58.7 Å². The van der Waals surface area contributed by atoms with E-state index in [9.17, 15) is 14.7 Å². The summed E-state index contributed by atoms with van der Waals surface area (Å²) in [6.45, 7) is 4.20. The van der Waals surface area contributed by atoms with Crippen LogP contribution < -0.4 is 10.6 Å². The highest BCUT2D eigenvalue weighted by atomic mass is 32.2. The lowest BCUT2D eigenvalue weighted by Gasteiger charge is -2.41. The molecule has 4 atom stereocenters. The second-order valence-corrected chi connectivity index (χ2v) is 12.3. The molecule has 2 heterocycles. The van der Waals surface area contributed by atoms with E-state index in [2.05, 4.69) is 33.1 Å². The first-order valence-corrected chi connectivity index (χ1v) is 16.5. The van der Waals surface area contributed by atoms with E-state index in [1.165, 1.54) is 18.7 Å². The molecular formula is C34H40N6O5S. The lowest BCUT2D eigenvalue weighted by Crippen LogP contribution is -2.38. The van der Waals surface area contributed by atoms with Gasteiger partial charge in [-0.3, -0.25) is 9.59 Å². The number of aliphatic hydroxyl groups excluding tert-OH is 1. The van der Waals surface area contributed by atoms with Crippen LogP contribution in [0.5, 0.6) is 0 Å². The van der Waals surface area contributed by atoms with Crippen LogP contribution in [0.4, 0.5) is 5.69 Å². The summed E-state index contributed by atoms with van der Waals surface area (Å²) in [7, 11) is 0. The van der Waals surface area contributed by atoms with Crippen LogP contribution in [0.25, 0.3) is 5.69 Å². The van der Waals surface area contributed by atoms with Crippen LogP contribution in [-0.2, 0) is 25.7 Å². The minimum atomic E-state index is -0.680. The number of benzene rings is 3. The zero-order valence-corrected chi connectivity index (χ0v) is 26.9. The summed E-state index contributed by atoms with van der Waals surface area (Å²) in [5.41, 5.74) is 4.16. The maximum atomic E-state index is 12.7. The number of hydrogen-bond donors (Lipinski definition) is 3. The molecule has 0 bridgehead atoms. The van der Waals surface area contributed by atoms with E-state index in [1.807, 2.05) is 78.9 Å². The van der Waals surface area contributed by atoms with Gasteiger partial charge >= 0.3 is 0 Å². The monoisotopic (exact) mass is 644 g/mol. The molecule has 3 N–H and O–H groups in total. The molecule has 0 saturated carbocycles. The van der Waals surface area contributed by atoms with Crippen molar-refractivity contribution >= 4 is 29.3 Å². The van der Waals surface area contributed by atoms with E-state index < -0.39 is 6.29 Å². The molecular weight excluding hydrogens is 604 g/mol. The largest absolute Gasteiger partial charge is 0.392 e. The van der Waals surface area contributed by atoms with Crippen molar-refractivity contribution in [2.45, 2.75) is 69.8 Å². The Hall–Kier alpha value is -4.10. The van der Waals surface area contributed by atoms with Crippen molar-refractivity contribution in [1.82, 2.24) is 25.5 Å². The van der Waals surface area contributed by atoms with Crippen molar-refractivity contribution < 1.29 is 24.2 Å². The van der Waals surface area contributed by atoms with Gasteiger partial charge in [0.2, 0.25) is 17.0 Å². The first kappa shape index (κ1) is 33.3. The molecule has 5 rings (SSSR count). The van der Waals surface area contributed by atoms with E-state index in [0.29, 0.717) is 29.6 Å². The molecule has 46 heavy (non-hydrogen) atoms. The van der Waals surface area contributed by atoms with Crippen LogP contribution >= 0.6 is 11.8 Å². The number of aromatic nitrogens is 4. The van der Waals surface area contributed by atoms with E-state index in [1.54, 1.807) is 4.68 Å². The minimum absolute atomic E-state index is 0.0154. The fourth-order valence-electron chi connectivity index (χ4n) is 5.30. The van der Waals surface area contributed by atoms with Crippen LogP contribution in [-0.4, -0.2) is 55.5 Å². The average molecular weight is 645 g/mol. The van der Waals surface area contributed by atoms with Crippen molar-refractivity contribution in [1.29, 1.82) is 0 Å². The van der Waals surface area contributed by atoms with Crippen LogP contribution in [0.2, 0.25) is 0 Å². The summed E-state index contributed by atoms with van der Waals surface area (Å²) in [6.07, 6.45) is 1.64. The first-order chi connectivity index (χ1) is 22.4. The highest BCUT2D eigenvalue weighted by molar-refractivity contribution is 7.99. The molecule has 11 nitrogen and oxygen atoms in total. The van der Waals surface area contributed by atoms with Gasteiger partial charge in [-0.2, -0.15) is 4.68 Å². The van der Waals surface area contributed by atoms with Gasteiger partial charge in [-0.25, -0.2) is 0 Å². The van der Waals surface area contributed by atoms with Crippen molar-refractivity contribution in [3.8, 4) is 5.69 Å². The molecule has 12 heteroatoms. The van der Waals surface area contributed by atoms with Gasteiger partial charge in [0.1, 0.15) is 0 Å². The van der Waals surface area contributed by atoms with Crippen molar-refractivity contribution in [3.63, 3.8) is 0 Å². The Morgan fingerprint density at radius 3 is 2.52 bits per heavy atom. The highest BCUT2D eigenvalue weighted by Gasteiger charge is 2.38. The number of tetrazole rings is 1. The molecule has 242 valence electrons. The number of aliphatic hydroxyl groups is 1. The Bertz CT molecular complexity index is 1570. The number of carbonyl (C=O) groups is 2. The number of amides is 2. The molecule has 0 radical (unpaired) electrons. The summed E-state index contributed by atoms with van der Waals surface area (Å²) in [6, 6.07) is 25.1. The number of ether oxygens (including phenoxy) is 2. The highest BCUT2D eigenvalue weighted by Crippen LogP contribution is 2.43. The molecule has 1 saturated heterocycles. The average Bonchev–Trinajstić information content (AvgIpc) is 3.55. The maximum Gasteiger partial charge on any atom is 0.224 e. The Morgan fingerprint density at radius 1 is 0.957 bits per heavy atom. The summed E-state index contributed by atoms with van der Waals surface area (Å²) in [5.74, 6) is 0.456. The van der Waals surface area contributed by atoms with Gasteiger partial charge in [-0.1, -0.05) is 79.7 Å². The zero-order valence-electron chi connectivity index (χ0n) is 26.0. The molecule has 0 spiro atoms. The summed E-state index contributed by atoms with van der Waals surface area (Å²) < 4.78 is 14.9. The number of carbonyl (C=O) groups excluding carboxylic acids is 2. The van der Waals surface area contributed by atoms with Crippen LogP contribution in [0.3, 0.4) is 0 Å². The van der Waals surface area contributed by atoms with Gasteiger partial charge in [0.25, 0.3) is 0 Å². The summed E-state index contributed by atoms with van der Waals surface area (Å²) in [4.78, 5) is 23.7. The molecule has 1 fully saturated rings. The molecule has 0 unspecified atom stereocenters. The number of anilines is 1. The molecule has 1 aromatic heterocycles. The van der Waals surface area contributed by atoms with Crippen molar-refractivity contribution in [2.24, 2.45) is 5.92 Å². The molecule has 2 amide bonds. The van der Waals surface area contributed by atoms with Crippen molar-refractivity contribution in [2.75, 3.05) is 17.6 Å². The smallest absolute Gasteiger partial charge is 0.224 e. The topological polar surface area (TPSA) is 140 Å². The number of nitrogens with one attached hydrogen (secondary N) is 2. The van der Waals surface area contributed by atoms with Crippen LogP contribution in [0, 0.1) is 5.92 Å². The molecule has 0 aliphatic carbocycles. The van der Waals surface area contributed by atoms with E-state index in [4.69, 9.17) is 9.47 Å². The quantitative estimate of drug-likeness (QED) is 0.122.